The van der Waals surface area contributed by atoms with E-state index in [1.807, 2.05) is 31.2 Å². The molecule has 1 aromatic carbocycles. The van der Waals surface area contributed by atoms with Gasteiger partial charge < -0.3 is 14.5 Å². The Morgan fingerprint density at radius 1 is 1.26 bits per heavy atom. The van der Waals surface area contributed by atoms with Crippen molar-refractivity contribution in [1.29, 1.82) is 0 Å². The molecule has 102 valence electrons. The standard InChI is InChI=1S/C16H21NO2/c1-3-18-16-7-4-6-14(11-16)12-17-13(2)10-15-8-5-9-19-15/h4-9,11,13,17H,3,10,12H2,1-2H3. The maximum absolute atomic E-state index is 5.50. The summed E-state index contributed by atoms with van der Waals surface area (Å²) < 4.78 is 10.8. The molecule has 1 unspecified atom stereocenters. The number of furan rings is 1. The van der Waals surface area contributed by atoms with Crippen LogP contribution in [0.3, 0.4) is 0 Å². The predicted octanol–water partition coefficient (Wildman–Crippen LogP) is 3.40. The number of hydrogen-bond acceptors (Lipinski definition) is 3. The van der Waals surface area contributed by atoms with Crippen LogP contribution in [0.2, 0.25) is 0 Å². The van der Waals surface area contributed by atoms with Crippen LogP contribution in [-0.2, 0) is 13.0 Å². The highest BCUT2D eigenvalue weighted by Gasteiger charge is 2.05. The Hall–Kier alpha value is -1.74. The highest BCUT2D eigenvalue weighted by molar-refractivity contribution is 5.28. The fourth-order valence-electron chi connectivity index (χ4n) is 2.01. The van der Waals surface area contributed by atoms with Crippen LogP contribution >= 0.6 is 0 Å². The van der Waals surface area contributed by atoms with Gasteiger partial charge in [0.2, 0.25) is 0 Å². The fourth-order valence-corrected chi connectivity index (χ4v) is 2.01. The van der Waals surface area contributed by atoms with Crippen molar-refractivity contribution >= 4 is 0 Å². The molecular weight excluding hydrogens is 238 g/mol. The van der Waals surface area contributed by atoms with E-state index in [0.717, 1.165) is 24.5 Å². The molecule has 1 atom stereocenters. The minimum Gasteiger partial charge on any atom is -0.494 e. The van der Waals surface area contributed by atoms with Gasteiger partial charge in [-0.15, -0.1) is 0 Å². The van der Waals surface area contributed by atoms with E-state index in [1.165, 1.54) is 5.56 Å². The van der Waals surface area contributed by atoms with Gasteiger partial charge >= 0.3 is 0 Å². The second-order valence-electron chi connectivity index (χ2n) is 4.65. The molecule has 0 radical (unpaired) electrons. The Balaban J connectivity index is 1.82. The van der Waals surface area contributed by atoms with E-state index in [1.54, 1.807) is 6.26 Å². The third kappa shape index (κ3) is 4.45. The molecular formula is C16H21NO2. The summed E-state index contributed by atoms with van der Waals surface area (Å²) in [6, 6.07) is 12.5. The predicted molar refractivity (Wildman–Crippen MR) is 76.3 cm³/mol. The molecule has 3 nitrogen and oxygen atoms in total. The van der Waals surface area contributed by atoms with Crippen LogP contribution in [-0.4, -0.2) is 12.6 Å². The van der Waals surface area contributed by atoms with E-state index in [4.69, 9.17) is 9.15 Å². The number of hydrogen-bond donors (Lipinski definition) is 1. The Morgan fingerprint density at radius 3 is 2.89 bits per heavy atom. The minimum absolute atomic E-state index is 0.377. The summed E-state index contributed by atoms with van der Waals surface area (Å²) in [4.78, 5) is 0. The van der Waals surface area contributed by atoms with Crippen molar-refractivity contribution in [2.24, 2.45) is 0 Å². The minimum atomic E-state index is 0.377. The molecule has 0 spiro atoms. The lowest BCUT2D eigenvalue weighted by Gasteiger charge is -2.13. The molecule has 0 aliphatic rings. The summed E-state index contributed by atoms with van der Waals surface area (Å²) in [6.07, 6.45) is 2.62. The van der Waals surface area contributed by atoms with Crippen LogP contribution in [0.15, 0.2) is 47.1 Å². The average Bonchev–Trinajstić information content (AvgIpc) is 2.90. The molecule has 2 aromatic rings. The van der Waals surface area contributed by atoms with Gasteiger partial charge in [0.25, 0.3) is 0 Å². The summed E-state index contributed by atoms with van der Waals surface area (Å²) in [5.74, 6) is 1.95. The first-order chi connectivity index (χ1) is 9.28. The SMILES string of the molecule is CCOc1cccc(CNC(C)Cc2ccco2)c1. The monoisotopic (exact) mass is 259 g/mol. The third-order valence-electron chi connectivity index (χ3n) is 2.95. The Labute approximate surface area is 114 Å². The molecule has 1 N–H and O–H groups in total. The Kier molecular flexibility index (Phi) is 5.04. The van der Waals surface area contributed by atoms with Crippen molar-refractivity contribution in [3.8, 4) is 5.75 Å². The summed E-state index contributed by atoms with van der Waals surface area (Å²) in [5.41, 5.74) is 1.23. The smallest absolute Gasteiger partial charge is 0.119 e. The summed E-state index contributed by atoms with van der Waals surface area (Å²) in [7, 11) is 0. The van der Waals surface area contributed by atoms with Gasteiger partial charge in [-0.1, -0.05) is 12.1 Å². The van der Waals surface area contributed by atoms with Gasteiger partial charge in [-0.2, -0.15) is 0 Å². The normalized spacial score (nSPS) is 12.3. The highest BCUT2D eigenvalue weighted by Crippen LogP contribution is 2.13. The summed E-state index contributed by atoms with van der Waals surface area (Å²) in [6.45, 7) is 5.69. The number of nitrogens with one attached hydrogen (secondary N) is 1. The molecule has 0 aliphatic carbocycles. The summed E-state index contributed by atoms with van der Waals surface area (Å²) in [5, 5.41) is 3.49. The van der Waals surface area contributed by atoms with Gasteiger partial charge in [0.15, 0.2) is 0 Å². The Bertz CT molecular complexity index is 479. The molecule has 0 saturated heterocycles. The van der Waals surface area contributed by atoms with E-state index in [-0.39, 0.29) is 0 Å². The van der Waals surface area contributed by atoms with Gasteiger partial charge in [0.05, 0.1) is 12.9 Å². The van der Waals surface area contributed by atoms with Crippen LogP contribution in [0.1, 0.15) is 25.2 Å². The van der Waals surface area contributed by atoms with E-state index in [0.29, 0.717) is 12.6 Å². The maximum Gasteiger partial charge on any atom is 0.119 e. The van der Waals surface area contributed by atoms with E-state index < -0.39 is 0 Å². The van der Waals surface area contributed by atoms with Gasteiger partial charge in [0, 0.05) is 19.0 Å². The van der Waals surface area contributed by atoms with Crippen molar-refractivity contribution < 1.29 is 9.15 Å². The van der Waals surface area contributed by atoms with Crippen molar-refractivity contribution in [3.63, 3.8) is 0 Å². The lowest BCUT2D eigenvalue weighted by Crippen LogP contribution is -2.27. The summed E-state index contributed by atoms with van der Waals surface area (Å²) >= 11 is 0. The molecule has 3 heteroatoms. The van der Waals surface area contributed by atoms with Crippen LogP contribution in [0, 0.1) is 0 Å². The molecule has 1 heterocycles. The molecule has 0 bridgehead atoms. The van der Waals surface area contributed by atoms with Gasteiger partial charge in [0.1, 0.15) is 11.5 Å². The molecule has 0 amide bonds. The third-order valence-corrected chi connectivity index (χ3v) is 2.95. The second-order valence-corrected chi connectivity index (χ2v) is 4.65. The number of benzene rings is 1. The zero-order valence-electron chi connectivity index (χ0n) is 11.6. The fraction of sp³-hybridized carbons (Fsp3) is 0.375. The topological polar surface area (TPSA) is 34.4 Å². The molecule has 19 heavy (non-hydrogen) atoms. The lowest BCUT2D eigenvalue weighted by molar-refractivity contribution is 0.339. The van der Waals surface area contributed by atoms with Crippen LogP contribution in [0.4, 0.5) is 0 Å². The van der Waals surface area contributed by atoms with Crippen LogP contribution in [0.5, 0.6) is 5.75 Å². The van der Waals surface area contributed by atoms with Crippen molar-refractivity contribution in [2.45, 2.75) is 32.9 Å². The van der Waals surface area contributed by atoms with Crippen LogP contribution in [0.25, 0.3) is 0 Å². The lowest BCUT2D eigenvalue weighted by atomic mass is 10.1. The number of rotatable bonds is 7. The van der Waals surface area contributed by atoms with Crippen LogP contribution < -0.4 is 10.1 Å². The van der Waals surface area contributed by atoms with Gasteiger partial charge in [-0.25, -0.2) is 0 Å². The van der Waals surface area contributed by atoms with E-state index in [9.17, 15) is 0 Å². The highest BCUT2D eigenvalue weighted by atomic mass is 16.5. The molecule has 0 saturated carbocycles. The van der Waals surface area contributed by atoms with E-state index in [2.05, 4.69) is 24.4 Å². The Morgan fingerprint density at radius 2 is 2.16 bits per heavy atom. The quantitative estimate of drug-likeness (QED) is 0.827. The molecule has 0 aliphatic heterocycles. The zero-order chi connectivity index (χ0) is 13.5. The average molecular weight is 259 g/mol. The van der Waals surface area contributed by atoms with Gasteiger partial charge in [-0.3, -0.25) is 0 Å². The van der Waals surface area contributed by atoms with Gasteiger partial charge in [-0.05, 0) is 43.7 Å². The largest absolute Gasteiger partial charge is 0.494 e. The van der Waals surface area contributed by atoms with Crippen molar-refractivity contribution in [1.82, 2.24) is 5.32 Å². The van der Waals surface area contributed by atoms with E-state index >= 15 is 0 Å². The maximum atomic E-state index is 5.50. The zero-order valence-corrected chi connectivity index (χ0v) is 11.6. The second kappa shape index (κ2) is 7.00. The first-order valence-electron chi connectivity index (χ1n) is 6.75. The number of ether oxygens (including phenoxy) is 1. The first-order valence-corrected chi connectivity index (χ1v) is 6.75. The van der Waals surface area contributed by atoms with Crippen molar-refractivity contribution in [2.75, 3.05) is 6.61 Å². The van der Waals surface area contributed by atoms with Crippen molar-refractivity contribution in [3.05, 3.63) is 54.0 Å². The molecule has 0 fully saturated rings. The first kappa shape index (κ1) is 13.7. The molecule has 2 rings (SSSR count). The molecule has 1 aromatic heterocycles.